The number of carbonyl (C=O) groups excluding carboxylic acids is 1. The minimum Gasteiger partial charge on any atom is -0.348 e. The van der Waals surface area contributed by atoms with Crippen LogP contribution in [0.3, 0.4) is 0 Å². The summed E-state index contributed by atoms with van der Waals surface area (Å²) in [5, 5.41) is 9.08. The molecule has 0 spiro atoms. The Balaban J connectivity index is 2.54. The molecular formula is C12H21N3O. The van der Waals surface area contributed by atoms with Crippen molar-refractivity contribution in [2.45, 2.75) is 31.7 Å². The van der Waals surface area contributed by atoms with E-state index in [1.807, 2.05) is 11.9 Å². The molecule has 0 aliphatic heterocycles. The predicted molar refractivity (Wildman–Crippen MR) is 62.7 cm³/mol. The second-order valence-electron chi connectivity index (χ2n) is 4.79. The molecule has 90 valence electrons. The van der Waals surface area contributed by atoms with Crippen LogP contribution in [0.1, 0.15) is 25.7 Å². The molecule has 0 N–H and O–H groups in total. The summed E-state index contributed by atoms with van der Waals surface area (Å²) in [5.41, 5.74) is 0. The van der Waals surface area contributed by atoms with E-state index in [-0.39, 0.29) is 17.9 Å². The van der Waals surface area contributed by atoms with Crippen LogP contribution in [0.5, 0.6) is 0 Å². The highest BCUT2D eigenvalue weighted by Gasteiger charge is 2.29. The van der Waals surface area contributed by atoms with E-state index in [0.717, 1.165) is 19.3 Å². The first-order valence-corrected chi connectivity index (χ1v) is 5.86. The van der Waals surface area contributed by atoms with Gasteiger partial charge in [0.05, 0.1) is 18.5 Å². The SMILES string of the molecule is CN(C)C(=O)CN(C)C1CCCCC1C#N. The van der Waals surface area contributed by atoms with E-state index in [1.165, 1.54) is 6.42 Å². The minimum absolute atomic E-state index is 0.0914. The van der Waals surface area contributed by atoms with Gasteiger partial charge < -0.3 is 4.90 Å². The normalized spacial score (nSPS) is 25.2. The molecule has 4 heteroatoms. The zero-order chi connectivity index (χ0) is 12.1. The maximum atomic E-state index is 11.6. The Labute approximate surface area is 97.8 Å². The van der Waals surface area contributed by atoms with E-state index >= 15 is 0 Å². The molecule has 1 fully saturated rings. The van der Waals surface area contributed by atoms with E-state index in [9.17, 15) is 4.79 Å². The summed E-state index contributed by atoms with van der Waals surface area (Å²) in [6.07, 6.45) is 4.32. The molecule has 0 bridgehead atoms. The smallest absolute Gasteiger partial charge is 0.236 e. The van der Waals surface area contributed by atoms with Crippen LogP contribution in [-0.4, -0.2) is 49.4 Å². The molecule has 1 aliphatic rings. The number of likely N-dealkylation sites (N-methyl/N-ethyl adjacent to an activating group) is 2. The molecular weight excluding hydrogens is 202 g/mol. The molecule has 1 rings (SSSR count). The van der Waals surface area contributed by atoms with E-state index in [1.54, 1.807) is 19.0 Å². The van der Waals surface area contributed by atoms with E-state index < -0.39 is 0 Å². The quantitative estimate of drug-likeness (QED) is 0.719. The minimum atomic E-state index is 0.0914. The van der Waals surface area contributed by atoms with Gasteiger partial charge in [0, 0.05) is 20.1 Å². The number of nitrogens with zero attached hydrogens (tertiary/aromatic N) is 3. The molecule has 1 amide bonds. The van der Waals surface area contributed by atoms with E-state index in [4.69, 9.17) is 5.26 Å². The van der Waals surface area contributed by atoms with Crippen LogP contribution in [-0.2, 0) is 4.79 Å². The monoisotopic (exact) mass is 223 g/mol. The Kier molecular flexibility index (Phi) is 4.75. The van der Waals surface area contributed by atoms with Crippen molar-refractivity contribution in [1.82, 2.24) is 9.80 Å². The van der Waals surface area contributed by atoms with Gasteiger partial charge in [-0.05, 0) is 19.9 Å². The summed E-state index contributed by atoms with van der Waals surface area (Å²) in [6, 6.07) is 2.62. The van der Waals surface area contributed by atoms with Crippen molar-refractivity contribution in [2.75, 3.05) is 27.7 Å². The third kappa shape index (κ3) is 3.21. The lowest BCUT2D eigenvalue weighted by Gasteiger charge is -2.34. The largest absolute Gasteiger partial charge is 0.348 e. The first kappa shape index (κ1) is 13.0. The highest BCUT2D eigenvalue weighted by Crippen LogP contribution is 2.27. The number of nitriles is 1. The van der Waals surface area contributed by atoms with Gasteiger partial charge >= 0.3 is 0 Å². The van der Waals surface area contributed by atoms with Gasteiger partial charge in [0.25, 0.3) is 0 Å². The van der Waals surface area contributed by atoms with Crippen LogP contribution in [0.2, 0.25) is 0 Å². The van der Waals surface area contributed by atoms with Crippen molar-refractivity contribution in [3.8, 4) is 6.07 Å². The predicted octanol–water partition coefficient (Wildman–Crippen LogP) is 1.09. The molecule has 0 saturated heterocycles. The van der Waals surface area contributed by atoms with Crippen molar-refractivity contribution < 1.29 is 4.79 Å². The van der Waals surface area contributed by atoms with Crippen LogP contribution in [0, 0.1) is 17.2 Å². The van der Waals surface area contributed by atoms with Crippen molar-refractivity contribution >= 4 is 5.91 Å². The molecule has 1 aliphatic carbocycles. The van der Waals surface area contributed by atoms with Crippen LogP contribution in [0.15, 0.2) is 0 Å². The Morgan fingerprint density at radius 3 is 2.50 bits per heavy atom. The molecule has 16 heavy (non-hydrogen) atoms. The Morgan fingerprint density at radius 2 is 1.94 bits per heavy atom. The summed E-state index contributed by atoms with van der Waals surface area (Å²) in [4.78, 5) is 15.2. The van der Waals surface area contributed by atoms with Crippen molar-refractivity contribution in [3.05, 3.63) is 0 Å². The van der Waals surface area contributed by atoms with Gasteiger partial charge in [0.15, 0.2) is 0 Å². The van der Waals surface area contributed by atoms with Crippen molar-refractivity contribution in [3.63, 3.8) is 0 Å². The molecule has 0 aromatic rings. The molecule has 1 saturated carbocycles. The summed E-state index contributed by atoms with van der Waals surface area (Å²) in [7, 11) is 5.47. The lowest BCUT2D eigenvalue weighted by Crippen LogP contribution is -2.44. The molecule has 2 atom stereocenters. The Bertz CT molecular complexity index is 282. The number of hydrogen-bond donors (Lipinski definition) is 0. The van der Waals surface area contributed by atoms with Crippen LogP contribution in [0.25, 0.3) is 0 Å². The second-order valence-corrected chi connectivity index (χ2v) is 4.79. The molecule has 0 radical (unpaired) electrons. The maximum absolute atomic E-state index is 11.6. The van der Waals surface area contributed by atoms with E-state index in [2.05, 4.69) is 6.07 Å². The van der Waals surface area contributed by atoms with Gasteiger partial charge in [0.1, 0.15) is 0 Å². The average molecular weight is 223 g/mol. The number of carbonyl (C=O) groups is 1. The van der Waals surface area contributed by atoms with Crippen molar-refractivity contribution in [2.24, 2.45) is 5.92 Å². The lowest BCUT2D eigenvalue weighted by molar-refractivity contribution is -0.130. The van der Waals surface area contributed by atoms with Gasteiger partial charge in [0.2, 0.25) is 5.91 Å². The molecule has 0 aromatic heterocycles. The highest BCUT2D eigenvalue weighted by molar-refractivity contribution is 5.77. The van der Waals surface area contributed by atoms with Gasteiger partial charge in [-0.1, -0.05) is 12.8 Å². The lowest BCUT2D eigenvalue weighted by atomic mass is 9.84. The molecule has 4 nitrogen and oxygen atoms in total. The average Bonchev–Trinajstić information content (AvgIpc) is 2.28. The third-order valence-electron chi connectivity index (χ3n) is 3.34. The first-order valence-electron chi connectivity index (χ1n) is 5.86. The topological polar surface area (TPSA) is 47.3 Å². The van der Waals surface area contributed by atoms with E-state index in [0.29, 0.717) is 6.54 Å². The number of hydrogen-bond acceptors (Lipinski definition) is 3. The van der Waals surface area contributed by atoms with Gasteiger partial charge in [-0.2, -0.15) is 5.26 Å². The molecule has 2 unspecified atom stereocenters. The second kappa shape index (κ2) is 5.86. The summed E-state index contributed by atoms with van der Waals surface area (Å²) in [6.45, 7) is 0.413. The van der Waals surface area contributed by atoms with Gasteiger partial charge in [-0.25, -0.2) is 0 Å². The highest BCUT2D eigenvalue weighted by atomic mass is 16.2. The van der Waals surface area contributed by atoms with Crippen LogP contribution in [0.4, 0.5) is 0 Å². The zero-order valence-corrected chi connectivity index (χ0v) is 10.4. The summed E-state index contributed by atoms with van der Waals surface area (Å²) >= 11 is 0. The van der Waals surface area contributed by atoms with Crippen LogP contribution >= 0.6 is 0 Å². The summed E-state index contributed by atoms with van der Waals surface area (Å²) < 4.78 is 0. The third-order valence-corrected chi connectivity index (χ3v) is 3.34. The Morgan fingerprint density at radius 1 is 1.31 bits per heavy atom. The fourth-order valence-corrected chi connectivity index (χ4v) is 2.26. The molecule has 0 heterocycles. The Hall–Kier alpha value is -1.08. The number of rotatable bonds is 3. The number of amides is 1. The van der Waals surface area contributed by atoms with Crippen LogP contribution < -0.4 is 0 Å². The zero-order valence-electron chi connectivity index (χ0n) is 10.4. The maximum Gasteiger partial charge on any atom is 0.236 e. The van der Waals surface area contributed by atoms with Crippen molar-refractivity contribution in [1.29, 1.82) is 5.26 Å². The summed E-state index contributed by atoms with van der Waals surface area (Å²) in [5.74, 6) is 0.193. The fourth-order valence-electron chi connectivity index (χ4n) is 2.26. The fraction of sp³-hybridized carbons (Fsp3) is 0.833. The first-order chi connectivity index (χ1) is 7.56. The molecule has 0 aromatic carbocycles. The van der Waals surface area contributed by atoms with Gasteiger partial charge in [-0.3, -0.25) is 9.69 Å². The standard InChI is InChI=1S/C12H21N3O/c1-14(2)12(16)9-15(3)11-7-5-4-6-10(11)8-13/h10-11H,4-7,9H2,1-3H3. The van der Waals surface area contributed by atoms with Gasteiger partial charge in [-0.15, -0.1) is 0 Å².